The van der Waals surface area contributed by atoms with Crippen molar-refractivity contribution in [2.75, 3.05) is 13.1 Å². The first-order chi connectivity index (χ1) is 18.3. The molecular formula is C28H44N6O5. The van der Waals surface area contributed by atoms with Gasteiger partial charge in [0.15, 0.2) is 0 Å². The number of rotatable bonds is 8. The minimum absolute atomic E-state index is 0.0568. The van der Waals surface area contributed by atoms with Crippen LogP contribution in [0.5, 0.6) is 0 Å². The van der Waals surface area contributed by atoms with E-state index in [0.29, 0.717) is 13.1 Å². The van der Waals surface area contributed by atoms with Crippen LogP contribution in [0.25, 0.3) is 0 Å². The molecule has 11 heteroatoms. The van der Waals surface area contributed by atoms with E-state index in [-0.39, 0.29) is 23.5 Å². The molecule has 0 radical (unpaired) electrons. The van der Waals surface area contributed by atoms with E-state index in [0.717, 1.165) is 32.1 Å². The van der Waals surface area contributed by atoms with Crippen molar-refractivity contribution in [2.45, 2.75) is 97.4 Å². The van der Waals surface area contributed by atoms with Crippen molar-refractivity contribution < 1.29 is 23.9 Å². The zero-order chi connectivity index (χ0) is 28.8. The zero-order valence-corrected chi connectivity index (χ0v) is 24.0. The summed E-state index contributed by atoms with van der Waals surface area (Å²) in [6.07, 6.45) is 8.89. The zero-order valence-electron chi connectivity index (χ0n) is 24.0. The van der Waals surface area contributed by atoms with Gasteiger partial charge in [0.25, 0.3) is 5.91 Å². The number of hydrogen-bond donors (Lipinski definition) is 4. The summed E-state index contributed by atoms with van der Waals surface area (Å²) < 4.78 is 5.55. The number of esters is 1. The van der Waals surface area contributed by atoms with Crippen LogP contribution in [0.4, 0.5) is 0 Å². The predicted molar refractivity (Wildman–Crippen MR) is 145 cm³/mol. The molecule has 2 aliphatic rings. The standard InChI is InChI=1S/C28H44N6O5/c1-27(2,3)22(25(37)32-19-15-30-14-18(19)26(38)39-28(4,5)6)34-24(36)21(17-10-8-7-9-11-17)33-23(35)20-16-29-12-13-31-20/h12-13,16-19,21-22,30H,7-11,14-15H2,1-6H3,(H,32,37)(H,33,35)(H,34,36). The molecule has 1 aliphatic carbocycles. The van der Waals surface area contributed by atoms with E-state index in [2.05, 4.69) is 31.2 Å². The van der Waals surface area contributed by atoms with Gasteiger partial charge in [0.2, 0.25) is 11.8 Å². The fourth-order valence-electron chi connectivity index (χ4n) is 5.13. The van der Waals surface area contributed by atoms with Gasteiger partial charge in [0, 0.05) is 25.5 Å². The molecule has 2 heterocycles. The van der Waals surface area contributed by atoms with Crippen molar-refractivity contribution in [3.63, 3.8) is 0 Å². The third kappa shape index (κ3) is 8.71. The van der Waals surface area contributed by atoms with Crippen molar-refractivity contribution >= 4 is 23.7 Å². The van der Waals surface area contributed by atoms with Gasteiger partial charge in [0.1, 0.15) is 23.4 Å². The Balaban J connectivity index is 1.75. The summed E-state index contributed by atoms with van der Waals surface area (Å²) in [5.41, 5.74) is -1.16. The maximum atomic E-state index is 13.7. The minimum atomic E-state index is -0.899. The molecule has 1 aromatic heterocycles. The predicted octanol–water partition coefficient (Wildman–Crippen LogP) is 1.73. The number of nitrogens with one attached hydrogen (secondary N) is 4. The van der Waals surface area contributed by atoms with Gasteiger partial charge in [0.05, 0.1) is 18.2 Å². The van der Waals surface area contributed by atoms with Crippen LogP contribution in [0.15, 0.2) is 18.6 Å². The second-order valence-electron chi connectivity index (χ2n) is 12.7. The SMILES string of the molecule is CC(C)(C)OC(=O)C1CNCC1NC(=O)C(NC(=O)C(NC(=O)c1cnccn1)C1CCCCC1)C(C)(C)C. The lowest BCUT2D eigenvalue weighted by Crippen LogP contribution is -2.61. The second-order valence-corrected chi connectivity index (χ2v) is 12.7. The van der Waals surface area contributed by atoms with E-state index in [1.165, 1.54) is 18.6 Å². The molecule has 3 rings (SSSR count). The van der Waals surface area contributed by atoms with Gasteiger partial charge in [-0.1, -0.05) is 40.0 Å². The summed E-state index contributed by atoms with van der Waals surface area (Å²) in [6, 6.07) is -2.19. The van der Waals surface area contributed by atoms with E-state index >= 15 is 0 Å². The van der Waals surface area contributed by atoms with Gasteiger partial charge >= 0.3 is 5.97 Å². The molecule has 3 amide bonds. The highest BCUT2D eigenvalue weighted by molar-refractivity contribution is 5.97. The Labute approximate surface area is 231 Å². The molecule has 4 N–H and O–H groups in total. The fourth-order valence-corrected chi connectivity index (χ4v) is 5.13. The second kappa shape index (κ2) is 12.8. The molecule has 1 aliphatic heterocycles. The normalized spacial score (nSPS) is 21.9. The maximum Gasteiger partial charge on any atom is 0.312 e. The lowest BCUT2D eigenvalue weighted by atomic mass is 9.82. The van der Waals surface area contributed by atoms with E-state index in [1.807, 2.05) is 20.8 Å². The molecule has 216 valence electrons. The van der Waals surface area contributed by atoms with Gasteiger partial charge in [-0.3, -0.25) is 24.2 Å². The number of nitrogens with zero attached hydrogens (tertiary/aromatic N) is 2. The molecule has 1 saturated heterocycles. The van der Waals surface area contributed by atoms with Crippen molar-refractivity contribution in [3.8, 4) is 0 Å². The van der Waals surface area contributed by atoms with E-state index in [4.69, 9.17) is 4.74 Å². The Morgan fingerprint density at radius 3 is 2.23 bits per heavy atom. The highest BCUT2D eigenvalue weighted by Crippen LogP contribution is 2.28. The minimum Gasteiger partial charge on any atom is -0.460 e. The Morgan fingerprint density at radius 2 is 1.64 bits per heavy atom. The lowest BCUT2D eigenvalue weighted by molar-refractivity contribution is -0.160. The Kier molecular flexibility index (Phi) is 10.0. The van der Waals surface area contributed by atoms with Crippen molar-refractivity contribution in [1.29, 1.82) is 0 Å². The van der Waals surface area contributed by atoms with Crippen molar-refractivity contribution in [1.82, 2.24) is 31.2 Å². The molecule has 0 aromatic carbocycles. The van der Waals surface area contributed by atoms with E-state index < -0.39 is 46.9 Å². The molecule has 39 heavy (non-hydrogen) atoms. The molecule has 1 saturated carbocycles. The monoisotopic (exact) mass is 544 g/mol. The maximum absolute atomic E-state index is 13.7. The summed E-state index contributed by atoms with van der Waals surface area (Å²) in [5, 5.41) is 11.9. The molecule has 2 fully saturated rings. The highest BCUT2D eigenvalue weighted by Gasteiger charge is 2.41. The van der Waals surface area contributed by atoms with Crippen LogP contribution < -0.4 is 21.3 Å². The summed E-state index contributed by atoms with van der Waals surface area (Å²) in [5.74, 6) is -2.26. The first-order valence-corrected chi connectivity index (χ1v) is 13.9. The van der Waals surface area contributed by atoms with Crippen LogP contribution in [0.1, 0.15) is 84.1 Å². The van der Waals surface area contributed by atoms with Crippen molar-refractivity contribution in [3.05, 3.63) is 24.3 Å². The Hall–Kier alpha value is -3.08. The van der Waals surface area contributed by atoms with Gasteiger partial charge in [-0.05, 0) is 44.9 Å². The Morgan fingerprint density at radius 1 is 0.949 bits per heavy atom. The number of aromatic nitrogens is 2. The number of carbonyl (C=O) groups excluding carboxylic acids is 4. The fraction of sp³-hybridized carbons (Fsp3) is 0.714. The van der Waals surface area contributed by atoms with Gasteiger partial charge < -0.3 is 26.0 Å². The van der Waals surface area contributed by atoms with Crippen LogP contribution in [-0.4, -0.2) is 70.5 Å². The van der Waals surface area contributed by atoms with Crippen LogP contribution in [0.2, 0.25) is 0 Å². The van der Waals surface area contributed by atoms with E-state index in [1.54, 1.807) is 20.8 Å². The average Bonchev–Trinajstić information content (AvgIpc) is 3.33. The summed E-state index contributed by atoms with van der Waals surface area (Å²) in [4.78, 5) is 60.9. The molecule has 4 unspecified atom stereocenters. The summed E-state index contributed by atoms with van der Waals surface area (Å²) >= 11 is 0. The highest BCUT2D eigenvalue weighted by atomic mass is 16.6. The van der Waals surface area contributed by atoms with Crippen LogP contribution in [-0.2, 0) is 19.1 Å². The van der Waals surface area contributed by atoms with Crippen LogP contribution in [0.3, 0.4) is 0 Å². The molecule has 4 atom stereocenters. The summed E-state index contributed by atoms with van der Waals surface area (Å²) in [6.45, 7) is 11.8. The van der Waals surface area contributed by atoms with E-state index in [9.17, 15) is 19.2 Å². The molecule has 11 nitrogen and oxygen atoms in total. The first kappa shape index (κ1) is 30.5. The smallest absolute Gasteiger partial charge is 0.312 e. The number of amides is 3. The number of hydrogen-bond acceptors (Lipinski definition) is 8. The van der Waals surface area contributed by atoms with Crippen molar-refractivity contribution in [2.24, 2.45) is 17.3 Å². The van der Waals surface area contributed by atoms with Gasteiger partial charge in [-0.15, -0.1) is 0 Å². The Bertz CT molecular complexity index is 1010. The molecule has 0 spiro atoms. The molecule has 0 bridgehead atoms. The average molecular weight is 545 g/mol. The lowest BCUT2D eigenvalue weighted by Gasteiger charge is -2.35. The first-order valence-electron chi connectivity index (χ1n) is 13.9. The third-order valence-corrected chi connectivity index (χ3v) is 7.15. The summed E-state index contributed by atoms with van der Waals surface area (Å²) in [7, 11) is 0. The number of ether oxygens (including phenoxy) is 1. The van der Waals surface area contributed by atoms with Gasteiger partial charge in [-0.25, -0.2) is 4.98 Å². The van der Waals surface area contributed by atoms with Crippen LogP contribution in [0, 0.1) is 17.3 Å². The van der Waals surface area contributed by atoms with Crippen LogP contribution >= 0.6 is 0 Å². The quantitative estimate of drug-likeness (QED) is 0.361. The number of carbonyl (C=O) groups is 4. The molecule has 1 aromatic rings. The van der Waals surface area contributed by atoms with Gasteiger partial charge in [-0.2, -0.15) is 0 Å². The topological polar surface area (TPSA) is 151 Å². The molecular weight excluding hydrogens is 500 g/mol. The largest absolute Gasteiger partial charge is 0.460 e. The third-order valence-electron chi connectivity index (χ3n) is 7.15.